The highest BCUT2D eigenvalue weighted by molar-refractivity contribution is 6.31. The largest absolute Gasteiger partial charge is 0.361 e. The predicted octanol–water partition coefficient (Wildman–Crippen LogP) is 3.96. The molecule has 3 heteroatoms. The highest BCUT2D eigenvalue weighted by Gasteiger charge is 2.04. The fraction of sp³-hybridized carbons (Fsp3) is 0.429. The van der Waals surface area contributed by atoms with E-state index in [2.05, 4.69) is 36.4 Å². The standard InChI is InChI=1S/C14H19ClN2/c1-3-10(2)7-16-8-11-9-17-14-6-12(15)4-5-13(11)14/h4-6,9-10,16-17H,3,7-8H2,1-2H3. The number of hydrogen-bond donors (Lipinski definition) is 2. The van der Waals surface area contributed by atoms with Gasteiger partial charge in [0, 0.05) is 28.7 Å². The lowest BCUT2D eigenvalue weighted by Gasteiger charge is -2.09. The minimum absolute atomic E-state index is 0.731. The molecule has 0 fully saturated rings. The first-order valence-electron chi connectivity index (χ1n) is 6.17. The van der Waals surface area contributed by atoms with Crippen LogP contribution in [0.15, 0.2) is 24.4 Å². The molecule has 0 bridgehead atoms. The van der Waals surface area contributed by atoms with E-state index in [-0.39, 0.29) is 0 Å². The Balaban J connectivity index is 2.04. The molecule has 0 radical (unpaired) electrons. The summed E-state index contributed by atoms with van der Waals surface area (Å²) in [6, 6.07) is 5.99. The van der Waals surface area contributed by atoms with Gasteiger partial charge in [-0.2, -0.15) is 0 Å². The molecule has 17 heavy (non-hydrogen) atoms. The van der Waals surface area contributed by atoms with Crippen molar-refractivity contribution >= 4 is 22.5 Å². The zero-order valence-corrected chi connectivity index (χ0v) is 11.1. The van der Waals surface area contributed by atoms with E-state index in [0.29, 0.717) is 0 Å². The molecule has 2 aromatic rings. The molecular weight excluding hydrogens is 232 g/mol. The molecule has 1 unspecified atom stereocenters. The van der Waals surface area contributed by atoms with Crippen LogP contribution in [0.5, 0.6) is 0 Å². The first-order chi connectivity index (χ1) is 8.20. The summed E-state index contributed by atoms with van der Waals surface area (Å²) in [6.45, 7) is 6.46. The van der Waals surface area contributed by atoms with E-state index < -0.39 is 0 Å². The second-order valence-electron chi connectivity index (χ2n) is 4.65. The molecule has 92 valence electrons. The topological polar surface area (TPSA) is 27.8 Å². The third-order valence-electron chi connectivity index (χ3n) is 3.23. The third-order valence-corrected chi connectivity index (χ3v) is 3.47. The number of hydrogen-bond acceptors (Lipinski definition) is 1. The van der Waals surface area contributed by atoms with E-state index >= 15 is 0 Å². The van der Waals surface area contributed by atoms with Gasteiger partial charge in [-0.05, 0) is 30.2 Å². The van der Waals surface area contributed by atoms with Crippen molar-refractivity contribution < 1.29 is 0 Å². The first-order valence-corrected chi connectivity index (χ1v) is 6.54. The van der Waals surface area contributed by atoms with Crippen LogP contribution in [0.2, 0.25) is 5.02 Å². The molecule has 1 aromatic heterocycles. The number of aromatic amines is 1. The van der Waals surface area contributed by atoms with E-state index in [1.807, 2.05) is 12.1 Å². The lowest BCUT2D eigenvalue weighted by atomic mass is 10.1. The minimum Gasteiger partial charge on any atom is -0.361 e. The Morgan fingerprint density at radius 1 is 1.41 bits per heavy atom. The Hall–Kier alpha value is -0.990. The second-order valence-corrected chi connectivity index (χ2v) is 5.08. The molecule has 0 aliphatic rings. The fourth-order valence-electron chi connectivity index (χ4n) is 1.90. The van der Waals surface area contributed by atoms with Gasteiger partial charge in [-0.25, -0.2) is 0 Å². The Labute approximate surface area is 107 Å². The smallest absolute Gasteiger partial charge is 0.0472 e. The number of fused-ring (bicyclic) bond motifs is 1. The van der Waals surface area contributed by atoms with Gasteiger partial charge in [0.2, 0.25) is 0 Å². The summed E-state index contributed by atoms with van der Waals surface area (Å²) < 4.78 is 0. The Kier molecular flexibility index (Phi) is 4.08. The zero-order chi connectivity index (χ0) is 12.3. The molecule has 0 spiro atoms. The molecule has 1 atom stereocenters. The van der Waals surface area contributed by atoms with Gasteiger partial charge in [-0.3, -0.25) is 0 Å². The number of H-pyrrole nitrogens is 1. The number of aromatic nitrogens is 1. The monoisotopic (exact) mass is 250 g/mol. The Morgan fingerprint density at radius 2 is 2.24 bits per heavy atom. The van der Waals surface area contributed by atoms with Crippen molar-refractivity contribution in [1.82, 2.24) is 10.3 Å². The molecule has 0 saturated carbocycles. The molecule has 0 aliphatic carbocycles. The average molecular weight is 251 g/mol. The molecular formula is C14H19ClN2. The molecule has 0 amide bonds. The van der Waals surface area contributed by atoms with Crippen molar-refractivity contribution in [2.75, 3.05) is 6.54 Å². The van der Waals surface area contributed by atoms with E-state index in [1.165, 1.54) is 17.4 Å². The molecule has 1 heterocycles. The van der Waals surface area contributed by atoms with E-state index in [0.717, 1.165) is 29.5 Å². The second kappa shape index (κ2) is 5.56. The van der Waals surface area contributed by atoms with Gasteiger partial charge in [0.1, 0.15) is 0 Å². The molecule has 0 aliphatic heterocycles. The van der Waals surface area contributed by atoms with Gasteiger partial charge in [0.25, 0.3) is 0 Å². The lowest BCUT2D eigenvalue weighted by molar-refractivity contribution is 0.500. The summed E-state index contributed by atoms with van der Waals surface area (Å²) in [6.07, 6.45) is 3.28. The molecule has 0 saturated heterocycles. The maximum absolute atomic E-state index is 5.96. The van der Waals surface area contributed by atoms with Gasteiger partial charge in [0.15, 0.2) is 0 Å². The van der Waals surface area contributed by atoms with Crippen molar-refractivity contribution in [3.8, 4) is 0 Å². The Bertz CT molecular complexity index is 490. The summed E-state index contributed by atoms with van der Waals surface area (Å²) in [4.78, 5) is 3.26. The van der Waals surface area contributed by atoms with E-state index in [1.54, 1.807) is 0 Å². The zero-order valence-electron chi connectivity index (χ0n) is 10.4. The highest BCUT2D eigenvalue weighted by atomic mass is 35.5. The van der Waals surface area contributed by atoms with Crippen molar-refractivity contribution in [3.05, 3.63) is 35.0 Å². The van der Waals surface area contributed by atoms with Gasteiger partial charge < -0.3 is 10.3 Å². The fourth-order valence-corrected chi connectivity index (χ4v) is 2.07. The van der Waals surface area contributed by atoms with Crippen molar-refractivity contribution in [3.63, 3.8) is 0 Å². The Morgan fingerprint density at radius 3 is 3.00 bits per heavy atom. The number of nitrogens with one attached hydrogen (secondary N) is 2. The molecule has 2 nitrogen and oxygen atoms in total. The minimum atomic E-state index is 0.731. The number of benzene rings is 1. The van der Waals surface area contributed by atoms with E-state index in [9.17, 15) is 0 Å². The van der Waals surface area contributed by atoms with Crippen LogP contribution in [0.25, 0.3) is 10.9 Å². The number of rotatable bonds is 5. The summed E-state index contributed by atoms with van der Waals surface area (Å²) in [5, 5.41) is 5.52. The van der Waals surface area contributed by atoms with Crippen LogP contribution in [0.3, 0.4) is 0 Å². The quantitative estimate of drug-likeness (QED) is 0.826. The molecule has 2 N–H and O–H groups in total. The maximum atomic E-state index is 5.96. The summed E-state index contributed by atoms with van der Waals surface area (Å²) in [7, 11) is 0. The molecule has 1 aromatic carbocycles. The third kappa shape index (κ3) is 3.02. The van der Waals surface area contributed by atoms with Crippen molar-refractivity contribution in [1.29, 1.82) is 0 Å². The van der Waals surface area contributed by atoms with Gasteiger partial charge >= 0.3 is 0 Å². The van der Waals surface area contributed by atoms with Crippen LogP contribution < -0.4 is 5.32 Å². The SMILES string of the molecule is CCC(C)CNCc1c[nH]c2cc(Cl)ccc12. The van der Waals surface area contributed by atoms with Crippen LogP contribution >= 0.6 is 11.6 Å². The van der Waals surface area contributed by atoms with Crippen LogP contribution in [-0.4, -0.2) is 11.5 Å². The van der Waals surface area contributed by atoms with Gasteiger partial charge in [-0.15, -0.1) is 0 Å². The molecule has 2 rings (SSSR count). The highest BCUT2D eigenvalue weighted by Crippen LogP contribution is 2.21. The maximum Gasteiger partial charge on any atom is 0.0472 e. The normalized spacial score (nSPS) is 13.1. The lowest BCUT2D eigenvalue weighted by Crippen LogP contribution is -2.20. The van der Waals surface area contributed by atoms with Crippen LogP contribution in [0.1, 0.15) is 25.8 Å². The summed E-state index contributed by atoms with van der Waals surface area (Å²) in [5.74, 6) is 0.731. The van der Waals surface area contributed by atoms with Crippen LogP contribution in [0.4, 0.5) is 0 Å². The summed E-state index contributed by atoms with van der Waals surface area (Å²) >= 11 is 5.96. The van der Waals surface area contributed by atoms with E-state index in [4.69, 9.17) is 11.6 Å². The van der Waals surface area contributed by atoms with Crippen LogP contribution in [-0.2, 0) is 6.54 Å². The number of halogens is 1. The van der Waals surface area contributed by atoms with Crippen molar-refractivity contribution in [2.24, 2.45) is 5.92 Å². The van der Waals surface area contributed by atoms with Gasteiger partial charge in [-0.1, -0.05) is 37.9 Å². The van der Waals surface area contributed by atoms with Gasteiger partial charge in [0.05, 0.1) is 0 Å². The van der Waals surface area contributed by atoms with Crippen LogP contribution in [0, 0.1) is 5.92 Å². The van der Waals surface area contributed by atoms with Crippen molar-refractivity contribution in [2.45, 2.75) is 26.8 Å². The predicted molar refractivity (Wildman–Crippen MR) is 74.5 cm³/mol. The average Bonchev–Trinajstić information content (AvgIpc) is 2.71. The first kappa shape index (κ1) is 12.5. The summed E-state index contributed by atoms with van der Waals surface area (Å²) in [5.41, 5.74) is 2.41.